The van der Waals surface area contributed by atoms with Crippen LogP contribution in [0.4, 0.5) is 0 Å². The summed E-state index contributed by atoms with van der Waals surface area (Å²) in [4.78, 5) is 11.7. The van der Waals surface area contributed by atoms with E-state index in [4.69, 9.17) is 15.2 Å². The molecule has 5 nitrogen and oxygen atoms in total. The average Bonchev–Trinajstić information content (AvgIpc) is 2.98. The predicted octanol–water partition coefficient (Wildman–Crippen LogP) is 2.79. The number of carbonyl (C=O) groups excluding carboxylic acids is 1. The van der Waals surface area contributed by atoms with Crippen LogP contribution in [0.25, 0.3) is 0 Å². The lowest BCUT2D eigenvalue weighted by atomic mass is 10.1. The second kappa shape index (κ2) is 9.63. The van der Waals surface area contributed by atoms with E-state index in [2.05, 4.69) is 5.32 Å². The molecule has 3 N–H and O–H groups in total. The van der Waals surface area contributed by atoms with Gasteiger partial charge in [-0.3, -0.25) is 4.79 Å². The summed E-state index contributed by atoms with van der Waals surface area (Å²) in [6.07, 6.45) is 5.21. The van der Waals surface area contributed by atoms with Crippen molar-refractivity contribution < 1.29 is 14.3 Å². The highest BCUT2D eigenvalue weighted by Gasteiger charge is 2.18. The molecule has 0 aromatic heterocycles. The van der Waals surface area contributed by atoms with Gasteiger partial charge in [0.1, 0.15) is 11.5 Å². The van der Waals surface area contributed by atoms with Gasteiger partial charge in [0.15, 0.2) is 0 Å². The van der Waals surface area contributed by atoms with Gasteiger partial charge in [-0.1, -0.05) is 0 Å². The standard InChI is InChI=1S/C17H26N2O3.ClH/c1-12(18)9-17(20)19-11-13-7-8-15(21-2)10-16(13)22-14-5-3-4-6-14;/h7-8,10,12,14H,3-6,9,11,18H2,1-2H3,(H,19,20);1H. The van der Waals surface area contributed by atoms with Gasteiger partial charge in [-0.05, 0) is 44.7 Å². The molecule has 0 radical (unpaired) electrons. The molecule has 130 valence electrons. The third kappa shape index (κ3) is 6.28. The third-order valence-electron chi connectivity index (χ3n) is 3.85. The SMILES string of the molecule is COc1ccc(CNC(=O)CC(C)N)c(OC2CCCC2)c1.Cl. The molecule has 1 amide bonds. The van der Waals surface area contributed by atoms with Crippen molar-refractivity contribution in [2.75, 3.05) is 7.11 Å². The minimum Gasteiger partial charge on any atom is -0.497 e. The Hall–Kier alpha value is -1.46. The van der Waals surface area contributed by atoms with Crippen molar-refractivity contribution in [1.82, 2.24) is 5.32 Å². The summed E-state index contributed by atoms with van der Waals surface area (Å²) < 4.78 is 11.4. The zero-order valence-electron chi connectivity index (χ0n) is 13.8. The Labute approximate surface area is 144 Å². The van der Waals surface area contributed by atoms with Crippen LogP contribution in [-0.4, -0.2) is 25.2 Å². The van der Waals surface area contributed by atoms with Crippen LogP contribution in [-0.2, 0) is 11.3 Å². The minimum absolute atomic E-state index is 0. The van der Waals surface area contributed by atoms with Gasteiger partial charge in [-0.15, -0.1) is 12.4 Å². The zero-order chi connectivity index (χ0) is 15.9. The Morgan fingerprint density at radius 1 is 1.39 bits per heavy atom. The van der Waals surface area contributed by atoms with E-state index < -0.39 is 0 Å². The molecular weight excluding hydrogens is 316 g/mol. The van der Waals surface area contributed by atoms with Crippen LogP contribution < -0.4 is 20.5 Å². The highest BCUT2D eigenvalue weighted by atomic mass is 35.5. The Morgan fingerprint density at radius 3 is 2.70 bits per heavy atom. The summed E-state index contributed by atoms with van der Waals surface area (Å²) in [5.74, 6) is 1.52. The number of carbonyl (C=O) groups is 1. The van der Waals surface area contributed by atoms with Gasteiger partial charge in [0.05, 0.1) is 13.2 Å². The highest BCUT2D eigenvalue weighted by molar-refractivity contribution is 5.85. The Balaban J connectivity index is 0.00000264. The smallest absolute Gasteiger partial charge is 0.221 e. The van der Waals surface area contributed by atoms with Crippen LogP contribution in [0, 0.1) is 0 Å². The van der Waals surface area contributed by atoms with Gasteiger partial charge in [-0.25, -0.2) is 0 Å². The number of amides is 1. The lowest BCUT2D eigenvalue weighted by molar-refractivity contribution is -0.121. The van der Waals surface area contributed by atoms with Crippen molar-refractivity contribution in [2.45, 2.75) is 57.7 Å². The van der Waals surface area contributed by atoms with Crippen molar-refractivity contribution in [3.8, 4) is 11.5 Å². The summed E-state index contributed by atoms with van der Waals surface area (Å²) in [6.45, 7) is 2.26. The number of ether oxygens (including phenoxy) is 2. The van der Waals surface area contributed by atoms with Crippen LogP contribution >= 0.6 is 12.4 Å². The zero-order valence-corrected chi connectivity index (χ0v) is 14.7. The van der Waals surface area contributed by atoms with Gasteiger partial charge in [0, 0.05) is 30.6 Å². The van der Waals surface area contributed by atoms with Crippen LogP contribution in [0.5, 0.6) is 11.5 Å². The monoisotopic (exact) mass is 342 g/mol. The Morgan fingerprint density at radius 2 is 2.09 bits per heavy atom. The van der Waals surface area contributed by atoms with Crippen molar-refractivity contribution in [3.05, 3.63) is 23.8 Å². The highest BCUT2D eigenvalue weighted by Crippen LogP contribution is 2.29. The molecule has 0 saturated heterocycles. The number of nitrogens with one attached hydrogen (secondary N) is 1. The second-order valence-corrected chi connectivity index (χ2v) is 5.96. The molecule has 1 unspecified atom stereocenters. The largest absolute Gasteiger partial charge is 0.497 e. The third-order valence-corrected chi connectivity index (χ3v) is 3.85. The molecule has 0 spiro atoms. The van der Waals surface area contributed by atoms with E-state index in [0.29, 0.717) is 13.0 Å². The summed E-state index contributed by atoms with van der Waals surface area (Å²) in [7, 11) is 1.64. The fourth-order valence-electron chi connectivity index (χ4n) is 2.66. The number of rotatable bonds is 7. The molecule has 0 bridgehead atoms. The summed E-state index contributed by atoms with van der Waals surface area (Å²) in [5, 5.41) is 2.89. The summed E-state index contributed by atoms with van der Waals surface area (Å²) >= 11 is 0. The molecule has 0 aliphatic heterocycles. The van der Waals surface area contributed by atoms with Gasteiger partial charge in [0.2, 0.25) is 5.91 Å². The first kappa shape index (κ1) is 19.6. The van der Waals surface area contributed by atoms with Gasteiger partial charge in [-0.2, -0.15) is 0 Å². The normalized spacial score (nSPS) is 15.6. The summed E-state index contributed by atoms with van der Waals surface area (Å²) in [5.41, 5.74) is 6.60. The molecule has 1 aromatic rings. The van der Waals surface area contributed by atoms with Crippen molar-refractivity contribution in [1.29, 1.82) is 0 Å². The fourth-order valence-corrected chi connectivity index (χ4v) is 2.66. The first-order valence-corrected chi connectivity index (χ1v) is 7.94. The number of hydrogen-bond donors (Lipinski definition) is 2. The van der Waals surface area contributed by atoms with E-state index >= 15 is 0 Å². The van der Waals surface area contributed by atoms with Crippen molar-refractivity contribution >= 4 is 18.3 Å². The molecule has 1 saturated carbocycles. The van der Waals surface area contributed by atoms with E-state index in [-0.39, 0.29) is 30.5 Å². The maximum Gasteiger partial charge on any atom is 0.221 e. The molecule has 23 heavy (non-hydrogen) atoms. The molecular formula is C17H27ClN2O3. The van der Waals surface area contributed by atoms with E-state index in [1.807, 2.05) is 25.1 Å². The molecule has 1 aliphatic carbocycles. The first-order chi connectivity index (χ1) is 10.6. The van der Waals surface area contributed by atoms with Crippen LogP contribution in [0.3, 0.4) is 0 Å². The second-order valence-electron chi connectivity index (χ2n) is 5.96. The molecule has 0 heterocycles. The van der Waals surface area contributed by atoms with Crippen LogP contribution in [0.1, 0.15) is 44.6 Å². The maximum atomic E-state index is 11.7. The maximum absolute atomic E-state index is 11.7. The quantitative estimate of drug-likeness (QED) is 0.799. The van der Waals surface area contributed by atoms with Crippen LogP contribution in [0.15, 0.2) is 18.2 Å². The van der Waals surface area contributed by atoms with E-state index in [0.717, 1.165) is 29.9 Å². The van der Waals surface area contributed by atoms with Crippen molar-refractivity contribution in [2.24, 2.45) is 5.73 Å². The molecule has 1 aliphatic rings. The van der Waals surface area contributed by atoms with Gasteiger partial charge < -0.3 is 20.5 Å². The summed E-state index contributed by atoms with van der Waals surface area (Å²) in [6, 6.07) is 5.58. The van der Waals surface area contributed by atoms with E-state index in [1.54, 1.807) is 7.11 Å². The van der Waals surface area contributed by atoms with Crippen molar-refractivity contribution in [3.63, 3.8) is 0 Å². The Bertz CT molecular complexity index is 503. The molecule has 2 rings (SSSR count). The topological polar surface area (TPSA) is 73.6 Å². The Kier molecular flexibility index (Phi) is 8.20. The predicted molar refractivity (Wildman–Crippen MR) is 93.2 cm³/mol. The van der Waals surface area contributed by atoms with E-state index in [9.17, 15) is 4.79 Å². The number of benzene rings is 1. The molecule has 1 aromatic carbocycles. The fraction of sp³-hybridized carbons (Fsp3) is 0.588. The number of nitrogens with two attached hydrogens (primary N) is 1. The van der Waals surface area contributed by atoms with E-state index in [1.165, 1.54) is 12.8 Å². The van der Waals surface area contributed by atoms with Gasteiger partial charge in [0.25, 0.3) is 0 Å². The van der Waals surface area contributed by atoms with Gasteiger partial charge >= 0.3 is 0 Å². The lowest BCUT2D eigenvalue weighted by Crippen LogP contribution is -2.29. The number of methoxy groups -OCH3 is 1. The van der Waals surface area contributed by atoms with Crippen LogP contribution in [0.2, 0.25) is 0 Å². The molecule has 1 fully saturated rings. The number of hydrogen-bond acceptors (Lipinski definition) is 4. The lowest BCUT2D eigenvalue weighted by Gasteiger charge is -2.18. The minimum atomic E-state index is -0.134. The average molecular weight is 343 g/mol. The molecule has 1 atom stereocenters. The molecule has 6 heteroatoms. The first-order valence-electron chi connectivity index (χ1n) is 7.94. The number of halogens is 1.